The van der Waals surface area contributed by atoms with Crippen LogP contribution in [0, 0.1) is 13.8 Å². The number of nitrogens with zero attached hydrogens (tertiary/aromatic N) is 3. The molecule has 1 unspecified atom stereocenters. The van der Waals surface area contributed by atoms with Crippen molar-refractivity contribution in [1.29, 1.82) is 0 Å². The zero-order valence-corrected chi connectivity index (χ0v) is 20.9. The van der Waals surface area contributed by atoms with E-state index in [0.717, 1.165) is 16.7 Å². The van der Waals surface area contributed by atoms with E-state index in [1.54, 1.807) is 35.2 Å². The second-order valence-electron chi connectivity index (χ2n) is 8.90. The average molecular weight is 492 g/mol. The maximum Gasteiger partial charge on any atom is 0.253 e. The van der Waals surface area contributed by atoms with Crippen molar-refractivity contribution in [3.63, 3.8) is 0 Å². The van der Waals surface area contributed by atoms with Crippen molar-refractivity contribution >= 4 is 31.6 Å². The van der Waals surface area contributed by atoms with E-state index in [2.05, 4.69) is 0 Å². The number of carbonyl (C=O) groups excluding carboxylic acids is 1. The SMILES string of the molecule is Cc1ccc(S(=O)(=O)N2CCN(C(=O)c3ccc4c(c3)CC(C)N4S(C)(=O)=O)CC2)cc1C. The van der Waals surface area contributed by atoms with E-state index in [1.807, 2.05) is 26.8 Å². The van der Waals surface area contributed by atoms with E-state index >= 15 is 0 Å². The molecule has 1 saturated heterocycles. The second-order valence-corrected chi connectivity index (χ2v) is 12.7. The quantitative estimate of drug-likeness (QED) is 0.653. The van der Waals surface area contributed by atoms with E-state index in [9.17, 15) is 21.6 Å². The zero-order valence-electron chi connectivity index (χ0n) is 19.3. The molecule has 8 nitrogen and oxygen atoms in total. The van der Waals surface area contributed by atoms with Gasteiger partial charge in [0, 0.05) is 37.8 Å². The summed E-state index contributed by atoms with van der Waals surface area (Å²) in [5.74, 6) is -0.175. The first-order valence-corrected chi connectivity index (χ1v) is 14.2. The summed E-state index contributed by atoms with van der Waals surface area (Å²) in [5, 5.41) is 0. The molecule has 2 aromatic rings. The Balaban J connectivity index is 1.47. The van der Waals surface area contributed by atoms with Gasteiger partial charge in [-0.1, -0.05) is 6.07 Å². The summed E-state index contributed by atoms with van der Waals surface area (Å²) in [5.41, 5.74) is 3.89. The molecule has 1 fully saturated rings. The van der Waals surface area contributed by atoms with Gasteiger partial charge >= 0.3 is 0 Å². The van der Waals surface area contributed by atoms with Gasteiger partial charge in [0.15, 0.2) is 0 Å². The predicted octanol–water partition coefficient (Wildman–Crippen LogP) is 2.16. The maximum absolute atomic E-state index is 13.1. The van der Waals surface area contributed by atoms with Gasteiger partial charge in [-0.3, -0.25) is 9.10 Å². The molecule has 0 bridgehead atoms. The lowest BCUT2D eigenvalue weighted by atomic mass is 10.1. The van der Waals surface area contributed by atoms with Gasteiger partial charge in [0.1, 0.15) is 0 Å². The van der Waals surface area contributed by atoms with Crippen LogP contribution in [0.15, 0.2) is 41.3 Å². The fraction of sp³-hybridized carbons (Fsp3) is 0.435. The molecule has 0 aromatic heterocycles. The van der Waals surface area contributed by atoms with Crippen molar-refractivity contribution in [3.05, 3.63) is 58.7 Å². The van der Waals surface area contributed by atoms with Crippen LogP contribution in [-0.2, 0) is 26.5 Å². The number of fused-ring (bicyclic) bond motifs is 1. The summed E-state index contributed by atoms with van der Waals surface area (Å²) in [7, 11) is -7.01. The van der Waals surface area contributed by atoms with Crippen molar-refractivity contribution in [3.8, 4) is 0 Å². The smallest absolute Gasteiger partial charge is 0.253 e. The highest BCUT2D eigenvalue weighted by atomic mass is 32.2. The highest BCUT2D eigenvalue weighted by Gasteiger charge is 2.34. The molecule has 0 N–H and O–H groups in total. The minimum Gasteiger partial charge on any atom is -0.336 e. The van der Waals surface area contributed by atoms with Gasteiger partial charge in [0.2, 0.25) is 20.0 Å². The van der Waals surface area contributed by atoms with Crippen molar-refractivity contribution in [2.75, 3.05) is 36.7 Å². The van der Waals surface area contributed by atoms with Crippen LogP contribution in [0.2, 0.25) is 0 Å². The van der Waals surface area contributed by atoms with Gasteiger partial charge in [0.25, 0.3) is 5.91 Å². The third-order valence-corrected chi connectivity index (χ3v) is 9.64. The number of benzene rings is 2. The molecule has 2 heterocycles. The molecular formula is C23H29N3O5S2. The normalized spacial score (nSPS) is 19.6. The molecular weight excluding hydrogens is 462 g/mol. The Hall–Kier alpha value is -2.43. The van der Waals surface area contributed by atoms with E-state index in [-0.39, 0.29) is 29.9 Å². The minimum absolute atomic E-state index is 0.175. The summed E-state index contributed by atoms with van der Waals surface area (Å²) in [4.78, 5) is 15.0. The molecule has 178 valence electrons. The number of hydrogen-bond acceptors (Lipinski definition) is 5. The number of sulfonamides is 2. The number of amides is 1. The fourth-order valence-corrected chi connectivity index (χ4v) is 7.35. The third-order valence-electron chi connectivity index (χ3n) is 6.48. The summed E-state index contributed by atoms with van der Waals surface area (Å²) in [6.45, 7) is 6.72. The van der Waals surface area contributed by atoms with Crippen LogP contribution in [0.25, 0.3) is 0 Å². The minimum atomic E-state index is -3.62. The lowest BCUT2D eigenvalue weighted by Crippen LogP contribution is -2.50. The van der Waals surface area contributed by atoms with Crippen LogP contribution in [-0.4, -0.2) is 70.4 Å². The second kappa shape index (κ2) is 8.41. The zero-order chi connectivity index (χ0) is 24.1. The molecule has 2 aliphatic rings. The molecule has 4 rings (SSSR count). The van der Waals surface area contributed by atoms with Crippen molar-refractivity contribution < 1.29 is 21.6 Å². The Kier molecular flexibility index (Phi) is 6.05. The summed E-state index contributed by atoms with van der Waals surface area (Å²) in [6.07, 6.45) is 1.73. The van der Waals surface area contributed by atoms with Gasteiger partial charge < -0.3 is 4.90 Å². The van der Waals surface area contributed by atoms with Crippen molar-refractivity contribution in [2.24, 2.45) is 0 Å². The van der Waals surface area contributed by atoms with Gasteiger partial charge in [0.05, 0.1) is 16.8 Å². The maximum atomic E-state index is 13.1. The molecule has 0 spiro atoms. The van der Waals surface area contributed by atoms with Crippen LogP contribution >= 0.6 is 0 Å². The topological polar surface area (TPSA) is 95.1 Å². The molecule has 1 amide bonds. The van der Waals surface area contributed by atoms with E-state index in [4.69, 9.17) is 0 Å². The van der Waals surface area contributed by atoms with Gasteiger partial charge in [-0.25, -0.2) is 16.8 Å². The first-order valence-electron chi connectivity index (χ1n) is 10.9. The predicted molar refractivity (Wildman–Crippen MR) is 128 cm³/mol. The largest absolute Gasteiger partial charge is 0.336 e. The Labute approximate surface area is 195 Å². The number of aryl methyl sites for hydroxylation is 2. The molecule has 0 radical (unpaired) electrons. The highest BCUT2D eigenvalue weighted by Crippen LogP contribution is 2.35. The lowest BCUT2D eigenvalue weighted by Gasteiger charge is -2.34. The molecule has 10 heteroatoms. The molecule has 0 aliphatic carbocycles. The summed E-state index contributed by atoms with van der Waals surface area (Å²) < 4.78 is 53.1. The fourth-order valence-electron chi connectivity index (χ4n) is 4.58. The number of carbonyl (C=O) groups is 1. The number of rotatable bonds is 4. The Bertz CT molecular complexity index is 1310. The van der Waals surface area contributed by atoms with Gasteiger partial charge in [-0.05, 0) is 74.2 Å². The van der Waals surface area contributed by atoms with E-state index in [1.165, 1.54) is 14.9 Å². The first kappa shape index (κ1) is 23.7. The Morgan fingerprint density at radius 2 is 1.58 bits per heavy atom. The standard InChI is InChI=1S/C23H29N3O5S2/c1-16-5-7-21(13-17(16)2)33(30,31)25-11-9-24(10-12-25)23(27)19-6-8-22-20(15-19)14-18(3)26(22)32(4,28)29/h5-8,13,15,18H,9-12,14H2,1-4H3. The van der Waals surface area contributed by atoms with Crippen LogP contribution in [0.4, 0.5) is 5.69 Å². The lowest BCUT2D eigenvalue weighted by molar-refractivity contribution is 0.0698. The van der Waals surface area contributed by atoms with Crippen LogP contribution in [0.3, 0.4) is 0 Å². The van der Waals surface area contributed by atoms with Crippen molar-refractivity contribution in [1.82, 2.24) is 9.21 Å². The number of hydrogen-bond donors (Lipinski definition) is 0. The molecule has 2 aliphatic heterocycles. The number of piperazine rings is 1. The van der Waals surface area contributed by atoms with Gasteiger partial charge in [-0.2, -0.15) is 4.31 Å². The van der Waals surface area contributed by atoms with Crippen molar-refractivity contribution in [2.45, 2.75) is 38.1 Å². The first-order chi connectivity index (χ1) is 15.4. The number of anilines is 1. The molecule has 0 saturated carbocycles. The van der Waals surface area contributed by atoms with E-state index < -0.39 is 20.0 Å². The summed E-state index contributed by atoms with van der Waals surface area (Å²) >= 11 is 0. The third kappa shape index (κ3) is 4.39. The molecule has 1 atom stereocenters. The van der Waals surface area contributed by atoms with Crippen LogP contribution < -0.4 is 4.31 Å². The van der Waals surface area contributed by atoms with Crippen LogP contribution in [0.1, 0.15) is 34.0 Å². The molecule has 33 heavy (non-hydrogen) atoms. The van der Waals surface area contributed by atoms with Gasteiger partial charge in [-0.15, -0.1) is 0 Å². The Morgan fingerprint density at radius 3 is 2.18 bits per heavy atom. The van der Waals surface area contributed by atoms with E-state index in [0.29, 0.717) is 30.8 Å². The Morgan fingerprint density at radius 1 is 0.909 bits per heavy atom. The van der Waals surface area contributed by atoms with Crippen LogP contribution in [0.5, 0.6) is 0 Å². The monoisotopic (exact) mass is 491 g/mol. The molecule has 2 aromatic carbocycles. The summed E-state index contributed by atoms with van der Waals surface area (Å²) in [6, 6.07) is 10.0. The average Bonchev–Trinajstić information content (AvgIpc) is 3.10. The highest BCUT2D eigenvalue weighted by molar-refractivity contribution is 7.92.